The monoisotopic (exact) mass is 400 g/mol. The lowest BCUT2D eigenvalue weighted by atomic mass is 10.2. The summed E-state index contributed by atoms with van der Waals surface area (Å²) in [5.74, 6) is -0.735. The van der Waals surface area contributed by atoms with Gasteiger partial charge in [-0.3, -0.25) is 0 Å². The third-order valence-electron chi connectivity index (χ3n) is 3.58. The molecular weight excluding hydrogens is 384 g/mol. The standard InChI is InChI=1S/C15H17BrN2O4S/c1-11(10-17)22-15(19)13-9-12(5-6-14(13)16)23(20,21)18-7-3-2-4-8-18/h5-6,9,11H,2-4,7-8H2,1H3/t11-/m0/s1. The number of piperidine rings is 1. The SMILES string of the molecule is C[C@@H](C#N)OC(=O)c1cc(S(=O)(=O)N2CCCCC2)ccc1Br. The molecular formula is C15H17BrN2O4S. The van der Waals surface area contributed by atoms with Crippen LogP contribution >= 0.6 is 15.9 Å². The van der Waals surface area contributed by atoms with E-state index in [1.807, 2.05) is 0 Å². The molecule has 0 saturated carbocycles. The molecule has 0 aromatic heterocycles. The first-order valence-corrected chi connectivity index (χ1v) is 9.50. The van der Waals surface area contributed by atoms with Gasteiger partial charge >= 0.3 is 5.97 Å². The molecule has 0 aliphatic carbocycles. The summed E-state index contributed by atoms with van der Waals surface area (Å²) in [6.45, 7) is 2.42. The predicted molar refractivity (Wildman–Crippen MR) is 87.2 cm³/mol. The van der Waals surface area contributed by atoms with Gasteiger partial charge in [-0.15, -0.1) is 0 Å². The van der Waals surface area contributed by atoms with E-state index in [0.717, 1.165) is 19.3 Å². The highest BCUT2D eigenvalue weighted by atomic mass is 79.9. The number of nitrogens with zero attached hydrogens (tertiary/aromatic N) is 2. The number of sulfonamides is 1. The lowest BCUT2D eigenvalue weighted by molar-refractivity contribution is 0.0434. The molecule has 1 heterocycles. The van der Waals surface area contributed by atoms with Crippen LogP contribution in [0.4, 0.5) is 0 Å². The van der Waals surface area contributed by atoms with Crippen molar-refractivity contribution in [1.82, 2.24) is 4.31 Å². The molecule has 1 aromatic carbocycles. The van der Waals surface area contributed by atoms with Gasteiger partial charge in [0.15, 0.2) is 6.10 Å². The first-order chi connectivity index (χ1) is 10.9. The van der Waals surface area contributed by atoms with Gasteiger partial charge < -0.3 is 4.74 Å². The van der Waals surface area contributed by atoms with E-state index in [9.17, 15) is 13.2 Å². The fourth-order valence-electron chi connectivity index (χ4n) is 2.33. The molecule has 0 unspecified atom stereocenters. The number of hydrogen-bond acceptors (Lipinski definition) is 5. The molecule has 1 atom stereocenters. The van der Waals surface area contributed by atoms with Gasteiger partial charge in [0.25, 0.3) is 0 Å². The van der Waals surface area contributed by atoms with Crippen LogP contribution in [0.3, 0.4) is 0 Å². The van der Waals surface area contributed by atoms with Crippen molar-refractivity contribution in [2.24, 2.45) is 0 Å². The molecule has 23 heavy (non-hydrogen) atoms. The molecule has 1 saturated heterocycles. The summed E-state index contributed by atoms with van der Waals surface area (Å²) in [5.41, 5.74) is 0.0881. The van der Waals surface area contributed by atoms with Crippen molar-refractivity contribution < 1.29 is 17.9 Å². The number of rotatable bonds is 4. The Morgan fingerprint density at radius 3 is 2.61 bits per heavy atom. The van der Waals surface area contributed by atoms with Gasteiger partial charge in [-0.1, -0.05) is 6.42 Å². The number of carbonyl (C=O) groups excluding carboxylic acids is 1. The fourth-order valence-corrected chi connectivity index (χ4v) is 4.28. The summed E-state index contributed by atoms with van der Waals surface area (Å²) in [6.07, 6.45) is 1.79. The zero-order valence-electron chi connectivity index (χ0n) is 12.7. The van der Waals surface area contributed by atoms with Crippen molar-refractivity contribution in [2.45, 2.75) is 37.2 Å². The predicted octanol–water partition coefficient (Wildman–Crippen LogP) is 2.69. The fraction of sp³-hybridized carbons (Fsp3) is 0.467. The maximum absolute atomic E-state index is 12.7. The van der Waals surface area contributed by atoms with E-state index in [2.05, 4.69) is 15.9 Å². The van der Waals surface area contributed by atoms with E-state index in [0.29, 0.717) is 17.6 Å². The molecule has 2 rings (SSSR count). The number of hydrogen-bond donors (Lipinski definition) is 0. The summed E-state index contributed by atoms with van der Waals surface area (Å²) in [5, 5.41) is 8.71. The minimum absolute atomic E-state index is 0.0548. The Kier molecular flexibility index (Phi) is 5.79. The number of esters is 1. The van der Waals surface area contributed by atoms with Crippen LogP contribution in [0.1, 0.15) is 36.5 Å². The molecule has 0 bridgehead atoms. The van der Waals surface area contributed by atoms with Gasteiger partial charge in [0.2, 0.25) is 10.0 Å². The van der Waals surface area contributed by atoms with Crippen LogP contribution in [0.2, 0.25) is 0 Å². The van der Waals surface area contributed by atoms with Crippen molar-refractivity contribution in [2.75, 3.05) is 13.1 Å². The van der Waals surface area contributed by atoms with Crippen LogP contribution in [-0.2, 0) is 14.8 Å². The zero-order chi connectivity index (χ0) is 17.0. The number of benzene rings is 1. The maximum Gasteiger partial charge on any atom is 0.340 e. The van der Waals surface area contributed by atoms with Crippen molar-refractivity contribution in [3.05, 3.63) is 28.2 Å². The van der Waals surface area contributed by atoms with E-state index in [1.165, 1.54) is 29.4 Å². The Morgan fingerprint density at radius 2 is 2.00 bits per heavy atom. The topological polar surface area (TPSA) is 87.5 Å². The van der Waals surface area contributed by atoms with Crippen LogP contribution < -0.4 is 0 Å². The van der Waals surface area contributed by atoms with Crippen molar-refractivity contribution in [3.8, 4) is 6.07 Å². The Hall–Kier alpha value is -1.43. The molecule has 0 N–H and O–H groups in total. The van der Waals surface area contributed by atoms with Crippen LogP contribution in [0.15, 0.2) is 27.6 Å². The Balaban J connectivity index is 2.33. The third-order valence-corrected chi connectivity index (χ3v) is 6.16. The molecule has 0 radical (unpaired) electrons. The van der Waals surface area contributed by atoms with Crippen molar-refractivity contribution in [3.63, 3.8) is 0 Å². The average Bonchev–Trinajstić information content (AvgIpc) is 2.55. The normalized spacial score (nSPS) is 17.3. The number of nitriles is 1. The smallest absolute Gasteiger partial charge is 0.340 e. The van der Waals surface area contributed by atoms with E-state index >= 15 is 0 Å². The first kappa shape index (κ1) is 17.9. The second-order valence-electron chi connectivity index (χ2n) is 5.28. The molecule has 124 valence electrons. The van der Waals surface area contributed by atoms with Gasteiger partial charge in [0.1, 0.15) is 6.07 Å². The number of halogens is 1. The second-order valence-corrected chi connectivity index (χ2v) is 8.08. The van der Waals surface area contributed by atoms with Crippen LogP contribution in [0.5, 0.6) is 0 Å². The van der Waals surface area contributed by atoms with Crippen LogP contribution in [0, 0.1) is 11.3 Å². The highest BCUT2D eigenvalue weighted by Gasteiger charge is 2.27. The van der Waals surface area contributed by atoms with E-state index in [4.69, 9.17) is 10.00 Å². The van der Waals surface area contributed by atoms with Gasteiger partial charge in [-0.05, 0) is 53.9 Å². The quantitative estimate of drug-likeness (QED) is 0.724. The minimum atomic E-state index is -3.63. The molecule has 1 aliphatic heterocycles. The van der Waals surface area contributed by atoms with Gasteiger partial charge in [-0.25, -0.2) is 13.2 Å². The maximum atomic E-state index is 12.7. The first-order valence-electron chi connectivity index (χ1n) is 7.26. The van der Waals surface area contributed by atoms with Crippen molar-refractivity contribution in [1.29, 1.82) is 5.26 Å². The van der Waals surface area contributed by atoms with Crippen LogP contribution in [-0.4, -0.2) is 37.9 Å². The summed E-state index contributed by atoms with van der Waals surface area (Å²) in [7, 11) is -3.63. The van der Waals surface area contributed by atoms with Crippen LogP contribution in [0.25, 0.3) is 0 Å². The van der Waals surface area contributed by atoms with Crippen molar-refractivity contribution >= 4 is 31.9 Å². The molecule has 0 spiro atoms. The van der Waals surface area contributed by atoms with E-state index in [-0.39, 0.29) is 10.5 Å². The minimum Gasteiger partial charge on any atom is -0.444 e. The molecule has 1 aromatic rings. The summed E-state index contributed by atoms with van der Waals surface area (Å²) in [4.78, 5) is 12.1. The largest absolute Gasteiger partial charge is 0.444 e. The molecule has 6 nitrogen and oxygen atoms in total. The summed E-state index contributed by atoms with van der Waals surface area (Å²) in [6, 6.07) is 6.05. The van der Waals surface area contributed by atoms with Gasteiger partial charge in [0, 0.05) is 17.6 Å². The lowest BCUT2D eigenvalue weighted by Crippen LogP contribution is -2.35. The van der Waals surface area contributed by atoms with Gasteiger partial charge in [0.05, 0.1) is 10.5 Å². The highest BCUT2D eigenvalue weighted by molar-refractivity contribution is 9.10. The van der Waals surface area contributed by atoms with Gasteiger partial charge in [-0.2, -0.15) is 9.57 Å². The van der Waals surface area contributed by atoms with E-state index < -0.39 is 22.1 Å². The molecule has 8 heteroatoms. The highest BCUT2D eigenvalue weighted by Crippen LogP contribution is 2.26. The van der Waals surface area contributed by atoms with E-state index in [1.54, 1.807) is 6.07 Å². The zero-order valence-corrected chi connectivity index (χ0v) is 15.1. The second kappa shape index (κ2) is 7.43. The number of carbonyl (C=O) groups is 1. The third kappa shape index (κ3) is 4.10. The Morgan fingerprint density at radius 1 is 1.35 bits per heavy atom. The molecule has 0 amide bonds. The number of ether oxygens (including phenoxy) is 1. The summed E-state index contributed by atoms with van der Waals surface area (Å²) < 4.78 is 32.1. The average molecular weight is 401 g/mol. The molecule has 1 aliphatic rings. The summed E-state index contributed by atoms with van der Waals surface area (Å²) >= 11 is 3.21. The molecule has 1 fully saturated rings. The Bertz CT molecular complexity index is 736. The Labute approximate surface area is 144 Å². The lowest BCUT2D eigenvalue weighted by Gasteiger charge is -2.26.